The molecule has 0 aromatic heterocycles. The molecule has 0 spiro atoms. The van der Waals surface area contributed by atoms with Gasteiger partial charge < -0.3 is 5.32 Å². The van der Waals surface area contributed by atoms with Gasteiger partial charge in [0.1, 0.15) is 0 Å². The monoisotopic (exact) mass is 430 g/mol. The van der Waals surface area contributed by atoms with Gasteiger partial charge in [-0.2, -0.15) is 4.31 Å². The Hall–Kier alpha value is -0.920. The van der Waals surface area contributed by atoms with Gasteiger partial charge in [-0.15, -0.1) is 0 Å². The summed E-state index contributed by atoms with van der Waals surface area (Å²) in [6, 6.07) is 4.64. The van der Waals surface area contributed by atoms with Crippen LogP contribution in [-0.2, 0) is 10.0 Å². The Morgan fingerprint density at radius 1 is 1.20 bits per heavy atom. The molecule has 0 aliphatic heterocycles. The summed E-state index contributed by atoms with van der Waals surface area (Å²) in [5.41, 5.74) is 0.141. The number of carbonyl (C=O) groups excluding carboxylic acids is 1. The minimum absolute atomic E-state index is 0.151. The molecule has 0 saturated heterocycles. The fourth-order valence-electron chi connectivity index (χ4n) is 3.35. The highest BCUT2D eigenvalue weighted by Crippen LogP contribution is 2.29. The second-order valence-electron chi connectivity index (χ2n) is 6.81. The van der Waals surface area contributed by atoms with Crippen LogP contribution in [0.5, 0.6) is 0 Å². The molecule has 0 atom stereocenters. The highest BCUT2D eigenvalue weighted by molar-refractivity contribution is 9.10. The fraction of sp³-hybridized carbons (Fsp3) is 0.611. The lowest BCUT2D eigenvalue weighted by molar-refractivity contribution is 0.0881. The Morgan fingerprint density at radius 3 is 2.36 bits per heavy atom. The molecule has 1 aromatic carbocycles. The zero-order valence-electron chi connectivity index (χ0n) is 15.1. The smallest absolute Gasteiger partial charge is 0.252 e. The number of nitrogens with one attached hydrogen (secondary N) is 1. The number of hydrogen-bond acceptors (Lipinski definition) is 3. The van der Waals surface area contributed by atoms with Gasteiger partial charge >= 0.3 is 0 Å². The minimum Gasteiger partial charge on any atom is -0.347 e. The Balaban J connectivity index is 2.31. The maximum absolute atomic E-state index is 12.8. The predicted molar refractivity (Wildman–Crippen MR) is 103 cm³/mol. The van der Waals surface area contributed by atoms with Crippen molar-refractivity contribution in [3.05, 3.63) is 28.2 Å². The SMILES string of the molecule is CCN(CC)S(=O)(=O)c1ccc(Br)c(C(=O)NC2(C)CCCCC2)c1. The molecule has 1 saturated carbocycles. The fourth-order valence-corrected chi connectivity index (χ4v) is 5.26. The zero-order valence-corrected chi connectivity index (χ0v) is 17.5. The number of sulfonamides is 1. The van der Waals surface area contributed by atoms with Crippen molar-refractivity contribution in [3.8, 4) is 0 Å². The molecule has 1 amide bonds. The average Bonchev–Trinajstić information content (AvgIpc) is 2.56. The zero-order chi connectivity index (χ0) is 18.7. The molecule has 7 heteroatoms. The van der Waals surface area contributed by atoms with Crippen LogP contribution in [-0.4, -0.2) is 37.3 Å². The third kappa shape index (κ3) is 4.63. The van der Waals surface area contributed by atoms with Gasteiger partial charge in [0, 0.05) is 23.1 Å². The van der Waals surface area contributed by atoms with Gasteiger partial charge in [0.25, 0.3) is 5.91 Å². The Morgan fingerprint density at radius 2 is 1.80 bits per heavy atom. The van der Waals surface area contributed by atoms with E-state index < -0.39 is 10.0 Å². The highest BCUT2D eigenvalue weighted by Gasteiger charge is 2.30. The van der Waals surface area contributed by atoms with E-state index in [-0.39, 0.29) is 16.3 Å². The van der Waals surface area contributed by atoms with Crippen LogP contribution in [0.1, 0.15) is 63.2 Å². The van der Waals surface area contributed by atoms with Gasteiger partial charge in [0.2, 0.25) is 10.0 Å². The standard InChI is InChI=1S/C18H27BrN2O3S/c1-4-21(5-2)25(23,24)14-9-10-16(19)15(13-14)17(22)20-18(3)11-7-6-8-12-18/h9-10,13H,4-8,11-12H2,1-3H3,(H,20,22). The summed E-state index contributed by atoms with van der Waals surface area (Å²) in [7, 11) is -3.59. The molecule has 1 aromatic rings. The number of carbonyl (C=O) groups is 1. The molecule has 140 valence electrons. The van der Waals surface area contributed by atoms with Crippen LogP contribution < -0.4 is 5.32 Å². The first-order valence-corrected chi connectivity index (χ1v) is 11.1. The molecule has 0 unspecified atom stereocenters. The van der Waals surface area contributed by atoms with Crippen LogP contribution in [0.4, 0.5) is 0 Å². The summed E-state index contributed by atoms with van der Waals surface area (Å²) < 4.78 is 27.4. The minimum atomic E-state index is -3.59. The largest absolute Gasteiger partial charge is 0.347 e. The van der Waals surface area contributed by atoms with Crippen LogP contribution in [0.2, 0.25) is 0 Å². The van der Waals surface area contributed by atoms with Crippen molar-refractivity contribution in [2.45, 2.75) is 63.3 Å². The molecule has 2 rings (SSSR count). The maximum Gasteiger partial charge on any atom is 0.252 e. The van der Waals surface area contributed by atoms with Crippen molar-refractivity contribution in [3.63, 3.8) is 0 Å². The summed E-state index contributed by atoms with van der Waals surface area (Å²) in [5, 5.41) is 3.11. The first-order valence-electron chi connectivity index (χ1n) is 8.85. The summed E-state index contributed by atoms with van der Waals surface area (Å²) in [6.45, 7) is 6.46. The third-order valence-corrected chi connectivity index (χ3v) is 7.64. The molecule has 1 aliphatic rings. The van der Waals surface area contributed by atoms with Crippen molar-refractivity contribution in [1.82, 2.24) is 9.62 Å². The maximum atomic E-state index is 12.8. The van der Waals surface area contributed by atoms with E-state index in [0.29, 0.717) is 23.1 Å². The second-order valence-corrected chi connectivity index (χ2v) is 9.60. The van der Waals surface area contributed by atoms with Crippen LogP contribution in [0.15, 0.2) is 27.6 Å². The average molecular weight is 431 g/mol. The third-order valence-electron chi connectivity index (χ3n) is 4.90. The van der Waals surface area contributed by atoms with Crippen LogP contribution >= 0.6 is 15.9 Å². The molecular weight excluding hydrogens is 404 g/mol. The number of nitrogens with zero attached hydrogens (tertiary/aromatic N) is 1. The van der Waals surface area contributed by atoms with Crippen molar-refractivity contribution >= 4 is 31.9 Å². The normalized spacial score (nSPS) is 17.5. The van der Waals surface area contributed by atoms with Crippen molar-refractivity contribution in [2.75, 3.05) is 13.1 Å². The van der Waals surface area contributed by atoms with Crippen LogP contribution in [0.3, 0.4) is 0 Å². The molecule has 1 aliphatic carbocycles. The molecule has 0 radical (unpaired) electrons. The van der Waals surface area contributed by atoms with Gasteiger partial charge in [-0.3, -0.25) is 4.79 Å². The molecule has 5 nitrogen and oxygen atoms in total. The van der Waals surface area contributed by atoms with E-state index in [1.54, 1.807) is 19.9 Å². The van der Waals surface area contributed by atoms with Gasteiger partial charge in [0.05, 0.1) is 10.5 Å². The molecular formula is C18H27BrN2O3S. The Bertz CT molecular complexity index is 724. The number of rotatable bonds is 6. The first kappa shape index (κ1) is 20.4. The lowest BCUT2D eigenvalue weighted by atomic mass is 9.83. The predicted octanol–water partition coefficient (Wildman–Crippen LogP) is 3.93. The molecule has 1 N–H and O–H groups in total. The van der Waals surface area contributed by atoms with Crippen LogP contribution in [0, 0.1) is 0 Å². The van der Waals surface area contributed by atoms with E-state index in [9.17, 15) is 13.2 Å². The van der Waals surface area contributed by atoms with E-state index in [4.69, 9.17) is 0 Å². The van der Waals surface area contributed by atoms with E-state index in [2.05, 4.69) is 28.2 Å². The number of benzene rings is 1. The van der Waals surface area contributed by atoms with Crippen molar-refractivity contribution in [2.24, 2.45) is 0 Å². The van der Waals surface area contributed by atoms with Gasteiger partial charge in [-0.25, -0.2) is 8.42 Å². The molecule has 25 heavy (non-hydrogen) atoms. The molecule has 1 fully saturated rings. The highest BCUT2D eigenvalue weighted by atomic mass is 79.9. The number of amides is 1. The van der Waals surface area contributed by atoms with Crippen LogP contribution in [0.25, 0.3) is 0 Å². The molecule has 0 heterocycles. The number of halogens is 1. The summed E-state index contributed by atoms with van der Waals surface area (Å²) >= 11 is 3.38. The lowest BCUT2D eigenvalue weighted by Gasteiger charge is -2.34. The summed E-state index contributed by atoms with van der Waals surface area (Å²) in [6.07, 6.45) is 5.32. The van der Waals surface area contributed by atoms with E-state index in [1.807, 2.05) is 0 Å². The Labute approximate surface area is 159 Å². The second kappa shape index (κ2) is 8.18. The van der Waals surface area contributed by atoms with Crippen molar-refractivity contribution < 1.29 is 13.2 Å². The summed E-state index contributed by atoms with van der Waals surface area (Å²) in [4.78, 5) is 12.9. The van der Waals surface area contributed by atoms with Gasteiger partial charge in [-0.1, -0.05) is 33.1 Å². The van der Waals surface area contributed by atoms with E-state index >= 15 is 0 Å². The summed E-state index contributed by atoms with van der Waals surface area (Å²) in [5.74, 6) is -0.229. The topological polar surface area (TPSA) is 66.5 Å². The molecule has 0 bridgehead atoms. The van der Waals surface area contributed by atoms with E-state index in [0.717, 1.165) is 25.7 Å². The van der Waals surface area contributed by atoms with Gasteiger partial charge in [0.15, 0.2) is 0 Å². The van der Waals surface area contributed by atoms with E-state index in [1.165, 1.54) is 22.9 Å². The quantitative estimate of drug-likeness (QED) is 0.742. The Kier molecular flexibility index (Phi) is 6.68. The van der Waals surface area contributed by atoms with Gasteiger partial charge in [-0.05, 0) is 53.9 Å². The first-order chi connectivity index (χ1) is 11.7. The number of hydrogen-bond donors (Lipinski definition) is 1. The lowest BCUT2D eigenvalue weighted by Crippen LogP contribution is -2.47. The van der Waals surface area contributed by atoms with Crippen molar-refractivity contribution in [1.29, 1.82) is 0 Å².